The molecule has 0 fully saturated rings. The molecular formula is C14H20N2O2. The number of para-hydroxylation sites is 1. The van der Waals surface area contributed by atoms with Crippen LogP contribution in [-0.4, -0.2) is 26.4 Å². The van der Waals surface area contributed by atoms with Crippen LogP contribution < -0.4 is 10.1 Å². The van der Waals surface area contributed by atoms with Gasteiger partial charge in [0, 0.05) is 25.8 Å². The number of hydrogen-bond acceptors (Lipinski definition) is 4. The van der Waals surface area contributed by atoms with E-state index in [0.29, 0.717) is 19.6 Å². The van der Waals surface area contributed by atoms with Gasteiger partial charge >= 0.3 is 0 Å². The molecule has 0 saturated heterocycles. The number of rotatable bonds is 8. The van der Waals surface area contributed by atoms with Crippen LogP contribution >= 0.6 is 0 Å². The van der Waals surface area contributed by atoms with Crippen molar-refractivity contribution >= 4 is 0 Å². The van der Waals surface area contributed by atoms with Crippen molar-refractivity contribution < 1.29 is 9.47 Å². The van der Waals surface area contributed by atoms with Gasteiger partial charge in [0.1, 0.15) is 11.8 Å². The Morgan fingerprint density at radius 2 is 2.17 bits per heavy atom. The van der Waals surface area contributed by atoms with Crippen molar-refractivity contribution in [2.24, 2.45) is 0 Å². The van der Waals surface area contributed by atoms with Gasteiger partial charge in [-0.1, -0.05) is 25.1 Å². The molecule has 98 valence electrons. The monoisotopic (exact) mass is 248 g/mol. The molecule has 0 bridgehead atoms. The van der Waals surface area contributed by atoms with Gasteiger partial charge in [-0.3, -0.25) is 0 Å². The van der Waals surface area contributed by atoms with E-state index < -0.39 is 0 Å². The van der Waals surface area contributed by atoms with Crippen LogP contribution in [0.3, 0.4) is 0 Å². The molecule has 4 nitrogen and oxygen atoms in total. The molecule has 0 amide bonds. The summed E-state index contributed by atoms with van der Waals surface area (Å²) in [5.41, 5.74) is 1.06. The van der Waals surface area contributed by atoms with E-state index in [1.807, 2.05) is 31.2 Å². The van der Waals surface area contributed by atoms with E-state index in [0.717, 1.165) is 17.9 Å². The van der Waals surface area contributed by atoms with Crippen LogP contribution in [0.2, 0.25) is 0 Å². The van der Waals surface area contributed by atoms with Crippen LogP contribution in [0.15, 0.2) is 24.3 Å². The summed E-state index contributed by atoms with van der Waals surface area (Å²) in [5, 5.41) is 12.2. The van der Waals surface area contributed by atoms with Gasteiger partial charge in [0.25, 0.3) is 0 Å². The summed E-state index contributed by atoms with van der Waals surface area (Å²) in [4.78, 5) is 0. The van der Waals surface area contributed by atoms with Crippen LogP contribution in [0.25, 0.3) is 0 Å². The van der Waals surface area contributed by atoms with Gasteiger partial charge in [-0.05, 0) is 12.5 Å². The molecule has 1 unspecified atom stereocenters. The number of benzene rings is 1. The van der Waals surface area contributed by atoms with Crippen LogP contribution in [0.5, 0.6) is 5.75 Å². The van der Waals surface area contributed by atoms with E-state index in [-0.39, 0.29) is 6.10 Å². The molecule has 0 aromatic heterocycles. The van der Waals surface area contributed by atoms with E-state index in [1.54, 1.807) is 7.11 Å². The van der Waals surface area contributed by atoms with Gasteiger partial charge in [-0.15, -0.1) is 0 Å². The van der Waals surface area contributed by atoms with Gasteiger partial charge in [-0.2, -0.15) is 5.26 Å². The number of hydrogen-bond donors (Lipinski definition) is 1. The Kier molecular flexibility index (Phi) is 6.85. The lowest BCUT2D eigenvalue weighted by molar-refractivity contribution is 0.198. The maximum atomic E-state index is 8.92. The molecule has 0 aliphatic carbocycles. The highest BCUT2D eigenvalue weighted by Crippen LogP contribution is 2.19. The zero-order valence-corrected chi connectivity index (χ0v) is 11.0. The van der Waals surface area contributed by atoms with Crippen molar-refractivity contribution in [2.45, 2.75) is 26.0 Å². The van der Waals surface area contributed by atoms with Gasteiger partial charge in [0.2, 0.25) is 0 Å². The van der Waals surface area contributed by atoms with Crippen LogP contribution in [0.1, 0.15) is 18.9 Å². The molecule has 0 saturated carbocycles. The predicted octanol–water partition coefficient (Wildman–Crippen LogP) is 2.10. The third-order valence-electron chi connectivity index (χ3n) is 2.56. The average Bonchev–Trinajstić information content (AvgIpc) is 2.42. The van der Waals surface area contributed by atoms with E-state index >= 15 is 0 Å². The topological polar surface area (TPSA) is 54.3 Å². The summed E-state index contributed by atoms with van der Waals surface area (Å²) < 4.78 is 10.6. The zero-order chi connectivity index (χ0) is 13.2. The number of nitriles is 1. The number of nitrogens with zero attached hydrogens (tertiary/aromatic N) is 1. The summed E-state index contributed by atoms with van der Waals surface area (Å²) in [6.45, 7) is 4.12. The minimum absolute atomic E-state index is 0.384. The Bertz CT molecular complexity index is 388. The quantitative estimate of drug-likeness (QED) is 0.716. The van der Waals surface area contributed by atoms with Gasteiger partial charge in [-0.25, -0.2) is 0 Å². The lowest BCUT2D eigenvalue weighted by Crippen LogP contribution is -2.20. The van der Waals surface area contributed by atoms with Crippen molar-refractivity contribution in [1.29, 1.82) is 5.26 Å². The molecule has 1 rings (SSSR count). The molecule has 0 aliphatic rings. The second kappa shape index (κ2) is 8.51. The first-order valence-corrected chi connectivity index (χ1v) is 6.15. The standard InChI is InChI=1S/C14H20N2O2/c1-3-13(10-15)18-14-7-5-4-6-12(14)11-16-8-9-17-2/h4-7,13,16H,3,8-9,11H2,1-2H3. The molecule has 1 atom stereocenters. The lowest BCUT2D eigenvalue weighted by atomic mass is 10.2. The van der Waals surface area contributed by atoms with Gasteiger partial charge in [0.05, 0.1) is 6.61 Å². The zero-order valence-electron chi connectivity index (χ0n) is 11.0. The Balaban J connectivity index is 2.59. The third-order valence-corrected chi connectivity index (χ3v) is 2.56. The Morgan fingerprint density at radius 1 is 1.39 bits per heavy atom. The average molecular weight is 248 g/mol. The fourth-order valence-corrected chi connectivity index (χ4v) is 1.52. The maximum absolute atomic E-state index is 8.92. The van der Waals surface area contributed by atoms with E-state index in [1.165, 1.54) is 0 Å². The summed E-state index contributed by atoms with van der Waals surface area (Å²) in [6, 6.07) is 9.92. The SMILES string of the molecule is CCC(C#N)Oc1ccccc1CNCCOC. The number of ether oxygens (including phenoxy) is 2. The highest BCUT2D eigenvalue weighted by molar-refractivity contribution is 5.33. The third kappa shape index (κ3) is 4.74. The fraction of sp³-hybridized carbons (Fsp3) is 0.500. The fourth-order valence-electron chi connectivity index (χ4n) is 1.52. The number of methoxy groups -OCH3 is 1. The molecule has 0 radical (unpaired) electrons. The van der Waals surface area contributed by atoms with Crippen LogP contribution in [0.4, 0.5) is 0 Å². The minimum Gasteiger partial charge on any atom is -0.475 e. The van der Waals surface area contributed by atoms with Gasteiger partial charge in [0.15, 0.2) is 6.10 Å². The molecule has 0 spiro atoms. The van der Waals surface area contributed by atoms with E-state index in [9.17, 15) is 0 Å². The van der Waals surface area contributed by atoms with Crippen molar-refractivity contribution in [1.82, 2.24) is 5.32 Å². The highest BCUT2D eigenvalue weighted by atomic mass is 16.5. The Hall–Kier alpha value is -1.57. The van der Waals surface area contributed by atoms with E-state index in [4.69, 9.17) is 14.7 Å². The molecule has 1 N–H and O–H groups in total. The molecule has 4 heteroatoms. The second-order valence-electron chi connectivity index (χ2n) is 3.92. The second-order valence-corrected chi connectivity index (χ2v) is 3.92. The normalized spacial score (nSPS) is 11.8. The van der Waals surface area contributed by atoms with Crippen molar-refractivity contribution in [3.05, 3.63) is 29.8 Å². The summed E-state index contributed by atoms with van der Waals surface area (Å²) >= 11 is 0. The van der Waals surface area contributed by atoms with Gasteiger partial charge < -0.3 is 14.8 Å². The van der Waals surface area contributed by atoms with Crippen molar-refractivity contribution in [3.8, 4) is 11.8 Å². The first-order valence-electron chi connectivity index (χ1n) is 6.15. The van der Waals surface area contributed by atoms with E-state index in [2.05, 4.69) is 11.4 Å². The Morgan fingerprint density at radius 3 is 2.83 bits per heavy atom. The highest BCUT2D eigenvalue weighted by Gasteiger charge is 2.09. The molecule has 1 aromatic rings. The number of nitrogens with one attached hydrogen (secondary N) is 1. The first-order chi connectivity index (χ1) is 8.81. The Labute approximate surface area is 109 Å². The van der Waals surface area contributed by atoms with Crippen molar-refractivity contribution in [3.63, 3.8) is 0 Å². The first kappa shape index (κ1) is 14.5. The molecule has 1 aromatic carbocycles. The van der Waals surface area contributed by atoms with Crippen molar-refractivity contribution in [2.75, 3.05) is 20.3 Å². The van der Waals surface area contributed by atoms with Crippen LogP contribution in [0, 0.1) is 11.3 Å². The minimum atomic E-state index is -0.384. The predicted molar refractivity (Wildman–Crippen MR) is 70.3 cm³/mol. The van der Waals surface area contributed by atoms with Crippen LogP contribution in [-0.2, 0) is 11.3 Å². The maximum Gasteiger partial charge on any atom is 0.184 e. The molecule has 0 heterocycles. The summed E-state index contributed by atoms with van der Waals surface area (Å²) in [5.74, 6) is 0.774. The smallest absolute Gasteiger partial charge is 0.184 e. The molecular weight excluding hydrogens is 228 g/mol. The molecule has 0 aliphatic heterocycles. The lowest BCUT2D eigenvalue weighted by Gasteiger charge is -2.14. The molecule has 18 heavy (non-hydrogen) atoms. The summed E-state index contributed by atoms with van der Waals surface area (Å²) in [6.07, 6.45) is 0.298. The summed E-state index contributed by atoms with van der Waals surface area (Å²) in [7, 11) is 1.68. The largest absolute Gasteiger partial charge is 0.475 e.